The Labute approximate surface area is 74.1 Å². The summed E-state index contributed by atoms with van der Waals surface area (Å²) in [5.74, 6) is 5.08. The van der Waals surface area contributed by atoms with Crippen molar-refractivity contribution in [1.29, 1.82) is 0 Å². The molecule has 0 spiro atoms. The van der Waals surface area contributed by atoms with E-state index in [0.717, 1.165) is 0 Å². The van der Waals surface area contributed by atoms with Crippen LogP contribution in [0, 0.1) is 10.1 Å². The number of hydrogen-bond donors (Lipinski definition) is 3. The van der Waals surface area contributed by atoms with E-state index in [0.29, 0.717) is 10.6 Å². The normalized spacial score (nSPS) is 9.50. The van der Waals surface area contributed by atoms with Crippen molar-refractivity contribution < 1.29 is 4.92 Å². The van der Waals surface area contributed by atoms with Crippen molar-refractivity contribution in [3.05, 3.63) is 28.3 Å². The van der Waals surface area contributed by atoms with Crippen LogP contribution in [0.4, 0.5) is 11.4 Å². The third kappa shape index (κ3) is 1.86. The quantitative estimate of drug-likeness (QED) is 0.279. The molecule has 0 bridgehead atoms. The van der Waals surface area contributed by atoms with Gasteiger partial charge in [-0.25, -0.2) is 0 Å². The minimum Gasteiger partial charge on any atom is -0.324 e. The average molecular weight is 185 g/mol. The number of hydrogen-bond acceptors (Lipinski definition) is 5. The van der Waals surface area contributed by atoms with Crippen LogP contribution in [-0.4, -0.2) is 4.92 Å². The predicted octanol–water partition coefficient (Wildman–Crippen LogP) is 1.17. The Bertz CT molecular complexity index is 316. The van der Waals surface area contributed by atoms with E-state index >= 15 is 0 Å². The Morgan fingerprint density at radius 2 is 2.17 bits per heavy atom. The highest BCUT2D eigenvalue weighted by Crippen LogP contribution is 2.21. The van der Waals surface area contributed by atoms with E-state index in [4.69, 9.17) is 5.84 Å². The molecule has 0 aliphatic carbocycles. The molecule has 0 saturated carbocycles. The summed E-state index contributed by atoms with van der Waals surface area (Å²) in [6.45, 7) is 0. The molecule has 0 aliphatic rings. The molecule has 3 N–H and O–H groups in total. The zero-order valence-corrected chi connectivity index (χ0v) is 6.91. The van der Waals surface area contributed by atoms with Gasteiger partial charge in [-0.1, -0.05) is 0 Å². The molecule has 12 heavy (non-hydrogen) atoms. The maximum Gasteiger partial charge on any atom is 0.272 e. The molecule has 1 aromatic carbocycles. The zero-order valence-electron chi connectivity index (χ0n) is 6.02. The van der Waals surface area contributed by atoms with Gasteiger partial charge in [0.05, 0.1) is 10.6 Å². The topological polar surface area (TPSA) is 81.2 Å². The second-order valence-electron chi connectivity index (χ2n) is 2.14. The van der Waals surface area contributed by atoms with Gasteiger partial charge in [-0.05, 0) is 6.07 Å². The minimum absolute atomic E-state index is 0.0320. The Kier molecular flexibility index (Phi) is 2.51. The number of nitrogen functional groups attached to an aromatic ring is 1. The van der Waals surface area contributed by atoms with Gasteiger partial charge in [-0.2, -0.15) is 0 Å². The molecule has 0 heterocycles. The third-order valence-corrected chi connectivity index (χ3v) is 1.54. The fourth-order valence-electron chi connectivity index (χ4n) is 0.784. The van der Waals surface area contributed by atoms with E-state index in [1.54, 1.807) is 6.07 Å². The number of nitrogens with two attached hydrogens (primary N) is 1. The van der Waals surface area contributed by atoms with Crippen LogP contribution < -0.4 is 11.3 Å². The predicted molar refractivity (Wildman–Crippen MR) is 48.2 cm³/mol. The first kappa shape index (κ1) is 8.82. The second kappa shape index (κ2) is 3.42. The fourth-order valence-corrected chi connectivity index (χ4v) is 1.06. The number of nitro groups is 1. The number of rotatable bonds is 2. The highest BCUT2D eigenvalue weighted by molar-refractivity contribution is 7.80. The van der Waals surface area contributed by atoms with Crippen LogP contribution >= 0.6 is 12.6 Å². The van der Waals surface area contributed by atoms with Gasteiger partial charge in [-0.3, -0.25) is 16.0 Å². The van der Waals surface area contributed by atoms with Crippen molar-refractivity contribution >= 4 is 24.0 Å². The zero-order chi connectivity index (χ0) is 9.14. The molecule has 0 aliphatic heterocycles. The molecule has 0 atom stereocenters. The lowest BCUT2D eigenvalue weighted by Crippen LogP contribution is -2.06. The number of non-ortho nitro benzene ring substituents is 1. The summed E-state index contributed by atoms with van der Waals surface area (Å²) >= 11 is 3.97. The van der Waals surface area contributed by atoms with E-state index in [2.05, 4.69) is 18.1 Å². The van der Waals surface area contributed by atoms with Gasteiger partial charge in [-0.15, -0.1) is 12.6 Å². The van der Waals surface area contributed by atoms with E-state index in [9.17, 15) is 10.1 Å². The fraction of sp³-hybridized carbons (Fsp3) is 0. The van der Waals surface area contributed by atoms with Crippen molar-refractivity contribution in [3.8, 4) is 0 Å². The molecule has 1 rings (SSSR count). The van der Waals surface area contributed by atoms with Gasteiger partial charge < -0.3 is 5.43 Å². The first-order chi connectivity index (χ1) is 5.63. The van der Waals surface area contributed by atoms with E-state index < -0.39 is 4.92 Å². The smallest absolute Gasteiger partial charge is 0.272 e. The molecule has 1 aromatic rings. The maximum atomic E-state index is 10.3. The highest BCUT2D eigenvalue weighted by atomic mass is 32.1. The van der Waals surface area contributed by atoms with Crippen molar-refractivity contribution in [3.63, 3.8) is 0 Å². The van der Waals surface area contributed by atoms with Crippen LogP contribution in [-0.2, 0) is 0 Å². The van der Waals surface area contributed by atoms with Crippen LogP contribution in [0.15, 0.2) is 23.1 Å². The monoisotopic (exact) mass is 185 g/mol. The van der Waals surface area contributed by atoms with Gasteiger partial charge in [0.25, 0.3) is 5.69 Å². The number of anilines is 1. The standard InChI is InChI=1S/C6H7N3O2S/c7-8-4-1-5(9(10)11)3-6(12)2-4/h1-3,8,12H,7H2. The van der Waals surface area contributed by atoms with Crippen LogP contribution in [0.2, 0.25) is 0 Å². The summed E-state index contributed by atoms with van der Waals surface area (Å²) < 4.78 is 0. The number of nitrogens with one attached hydrogen (secondary N) is 1. The summed E-state index contributed by atoms with van der Waals surface area (Å²) in [7, 11) is 0. The molecular weight excluding hydrogens is 178 g/mol. The molecule has 5 nitrogen and oxygen atoms in total. The lowest BCUT2D eigenvalue weighted by Gasteiger charge is -2.00. The maximum absolute atomic E-state index is 10.3. The summed E-state index contributed by atoms with van der Waals surface area (Å²) in [5, 5.41) is 10.3. The van der Waals surface area contributed by atoms with Crippen LogP contribution in [0.5, 0.6) is 0 Å². The van der Waals surface area contributed by atoms with Gasteiger partial charge >= 0.3 is 0 Å². The molecule has 0 aromatic heterocycles. The average Bonchev–Trinajstić information content (AvgIpc) is 2.03. The Morgan fingerprint density at radius 3 is 2.67 bits per heavy atom. The summed E-state index contributed by atoms with van der Waals surface area (Å²) in [4.78, 5) is 10.3. The molecule has 0 fully saturated rings. The minimum atomic E-state index is -0.499. The SMILES string of the molecule is NNc1cc(S)cc([N+](=O)[O-])c1. The number of thiol groups is 1. The van der Waals surface area contributed by atoms with Crippen LogP contribution in [0.1, 0.15) is 0 Å². The number of benzene rings is 1. The van der Waals surface area contributed by atoms with Gasteiger partial charge in [0, 0.05) is 17.0 Å². The lowest BCUT2D eigenvalue weighted by atomic mass is 10.3. The molecular formula is C6H7N3O2S. The number of nitrogens with zero attached hydrogens (tertiary/aromatic N) is 1. The second-order valence-corrected chi connectivity index (χ2v) is 2.66. The molecule has 6 heteroatoms. The number of nitro benzene ring substituents is 1. The van der Waals surface area contributed by atoms with Gasteiger partial charge in [0.1, 0.15) is 0 Å². The third-order valence-electron chi connectivity index (χ3n) is 1.28. The van der Waals surface area contributed by atoms with Crippen molar-refractivity contribution in [2.45, 2.75) is 4.90 Å². The summed E-state index contributed by atoms with van der Waals surface area (Å²) in [6.07, 6.45) is 0. The van der Waals surface area contributed by atoms with Crippen molar-refractivity contribution in [2.24, 2.45) is 5.84 Å². The lowest BCUT2D eigenvalue weighted by molar-refractivity contribution is -0.385. The molecule has 0 unspecified atom stereocenters. The Hall–Kier alpha value is -1.27. The Morgan fingerprint density at radius 1 is 1.50 bits per heavy atom. The van der Waals surface area contributed by atoms with E-state index in [1.165, 1.54) is 12.1 Å². The molecule has 64 valence electrons. The molecule has 0 saturated heterocycles. The largest absolute Gasteiger partial charge is 0.324 e. The van der Waals surface area contributed by atoms with E-state index in [-0.39, 0.29) is 5.69 Å². The molecule has 0 radical (unpaired) electrons. The first-order valence-electron chi connectivity index (χ1n) is 3.08. The van der Waals surface area contributed by atoms with Crippen LogP contribution in [0.3, 0.4) is 0 Å². The van der Waals surface area contributed by atoms with E-state index in [1.807, 2.05) is 0 Å². The Balaban J connectivity index is 3.15. The highest BCUT2D eigenvalue weighted by Gasteiger charge is 2.06. The number of hydrazine groups is 1. The van der Waals surface area contributed by atoms with Crippen molar-refractivity contribution in [1.82, 2.24) is 0 Å². The summed E-state index contributed by atoms with van der Waals surface area (Å²) in [5.41, 5.74) is 2.74. The summed E-state index contributed by atoms with van der Waals surface area (Å²) in [6, 6.07) is 4.28. The molecule has 0 amide bonds. The van der Waals surface area contributed by atoms with Crippen LogP contribution in [0.25, 0.3) is 0 Å². The van der Waals surface area contributed by atoms with Gasteiger partial charge in [0.15, 0.2) is 0 Å². The van der Waals surface area contributed by atoms with Crippen molar-refractivity contribution in [2.75, 3.05) is 5.43 Å². The van der Waals surface area contributed by atoms with Gasteiger partial charge in [0.2, 0.25) is 0 Å². The first-order valence-corrected chi connectivity index (χ1v) is 3.53.